The van der Waals surface area contributed by atoms with Crippen LogP contribution in [0.4, 0.5) is 0 Å². The van der Waals surface area contributed by atoms with E-state index in [-0.39, 0.29) is 11.7 Å². The van der Waals surface area contributed by atoms with Crippen molar-refractivity contribution >= 4 is 11.9 Å². The second kappa shape index (κ2) is 7.12. The molecule has 0 aliphatic carbocycles. The van der Waals surface area contributed by atoms with Crippen molar-refractivity contribution < 1.29 is 19.1 Å². The lowest BCUT2D eigenvalue weighted by molar-refractivity contribution is -0.140. The van der Waals surface area contributed by atoms with E-state index in [1.165, 1.54) is 0 Å². The van der Waals surface area contributed by atoms with Gasteiger partial charge in [0.1, 0.15) is 5.76 Å². The predicted molar refractivity (Wildman–Crippen MR) is 51.4 cm³/mol. The Bertz CT molecular complexity index is 230. The minimum atomic E-state index is -0.491. The summed E-state index contributed by atoms with van der Waals surface area (Å²) in [7, 11) is 0. The number of carbonyl (C=O) groups excluding carboxylic acids is 2. The van der Waals surface area contributed by atoms with Crippen LogP contribution in [0.5, 0.6) is 0 Å². The minimum Gasteiger partial charge on any atom is -0.463 e. The average molecular weight is 200 g/mol. The molecule has 0 saturated carbocycles. The van der Waals surface area contributed by atoms with Crippen molar-refractivity contribution in [1.29, 1.82) is 0 Å². The van der Waals surface area contributed by atoms with E-state index in [4.69, 9.17) is 4.74 Å². The molecule has 4 heteroatoms. The number of hydrogen-bond donors (Lipinski definition) is 0. The van der Waals surface area contributed by atoms with Gasteiger partial charge < -0.3 is 9.47 Å². The molecule has 0 radical (unpaired) electrons. The van der Waals surface area contributed by atoms with E-state index in [0.717, 1.165) is 12.5 Å². The highest BCUT2D eigenvalue weighted by Gasteiger charge is 2.04. The second-order valence-electron chi connectivity index (χ2n) is 2.73. The quantitative estimate of drug-likeness (QED) is 0.386. The van der Waals surface area contributed by atoms with E-state index >= 15 is 0 Å². The zero-order valence-corrected chi connectivity index (χ0v) is 8.83. The van der Waals surface area contributed by atoms with Crippen molar-refractivity contribution in [1.82, 2.24) is 0 Å². The first-order valence-corrected chi connectivity index (χ1v) is 4.65. The van der Waals surface area contributed by atoms with Crippen LogP contribution in [0.3, 0.4) is 0 Å². The third-order valence-corrected chi connectivity index (χ3v) is 1.34. The van der Waals surface area contributed by atoms with Crippen molar-refractivity contribution in [2.45, 2.75) is 33.6 Å². The molecule has 0 rings (SSSR count). The molecule has 0 unspecified atom stereocenters. The molecule has 0 atom stereocenters. The van der Waals surface area contributed by atoms with E-state index < -0.39 is 5.97 Å². The van der Waals surface area contributed by atoms with Gasteiger partial charge in [0, 0.05) is 6.42 Å². The maximum atomic E-state index is 11.0. The molecule has 0 spiro atoms. The molecule has 0 bridgehead atoms. The Hall–Kier alpha value is -1.32. The van der Waals surface area contributed by atoms with E-state index in [2.05, 4.69) is 4.74 Å². The number of rotatable bonds is 5. The summed E-state index contributed by atoms with van der Waals surface area (Å²) in [5.74, 6) is -0.554. The van der Waals surface area contributed by atoms with Gasteiger partial charge in [-0.1, -0.05) is 6.92 Å². The maximum absolute atomic E-state index is 11.0. The minimum absolute atomic E-state index is 0.266. The lowest BCUT2D eigenvalue weighted by atomic mass is 10.3. The van der Waals surface area contributed by atoms with E-state index in [1.54, 1.807) is 13.8 Å². The largest absolute Gasteiger partial charge is 0.463 e. The van der Waals surface area contributed by atoms with Crippen molar-refractivity contribution in [3.63, 3.8) is 0 Å². The average Bonchev–Trinajstić information content (AvgIpc) is 2.03. The molecule has 0 heterocycles. The van der Waals surface area contributed by atoms with Crippen molar-refractivity contribution in [2.75, 3.05) is 6.61 Å². The van der Waals surface area contributed by atoms with Crippen molar-refractivity contribution in [3.8, 4) is 0 Å². The van der Waals surface area contributed by atoms with Crippen LogP contribution < -0.4 is 0 Å². The monoisotopic (exact) mass is 200 g/mol. The molecule has 14 heavy (non-hydrogen) atoms. The molecule has 4 nitrogen and oxygen atoms in total. The summed E-state index contributed by atoms with van der Waals surface area (Å²) >= 11 is 0. The van der Waals surface area contributed by atoms with Crippen LogP contribution in [0.15, 0.2) is 11.8 Å². The Balaban J connectivity index is 3.99. The Morgan fingerprint density at radius 1 is 1.29 bits per heavy atom. The smallest absolute Gasteiger partial charge is 0.334 e. The summed E-state index contributed by atoms with van der Waals surface area (Å²) in [6.45, 7) is 5.45. The lowest BCUT2D eigenvalue weighted by Crippen LogP contribution is -2.05. The first kappa shape index (κ1) is 12.7. The van der Waals surface area contributed by atoms with Gasteiger partial charge in [-0.3, -0.25) is 4.79 Å². The van der Waals surface area contributed by atoms with Gasteiger partial charge in [0.2, 0.25) is 0 Å². The summed E-state index contributed by atoms with van der Waals surface area (Å²) in [6.07, 6.45) is 2.25. The first-order valence-electron chi connectivity index (χ1n) is 4.65. The molecule has 0 aromatic heterocycles. The number of ether oxygens (including phenoxy) is 2. The molecule has 0 aromatic rings. The number of esters is 2. The lowest BCUT2D eigenvalue weighted by Gasteiger charge is -2.02. The second-order valence-corrected chi connectivity index (χ2v) is 2.73. The first-order chi connectivity index (χ1) is 6.60. The van der Waals surface area contributed by atoms with Crippen LogP contribution >= 0.6 is 0 Å². The molecule has 0 amide bonds. The fourth-order valence-electron chi connectivity index (χ4n) is 0.814. The molecule has 0 saturated heterocycles. The van der Waals surface area contributed by atoms with Gasteiger partial charge in [-0.05, 0) is 20.3 Å². The third kappa shape index (κ3) is 6.22. The standard InChI is InChI=1S/C10H16O4/c1-4-6-9(11)14-8(3)7-10(12)13-5-2/h7H,4-6H2,1-3H3. The summed E-state index contributed by atoms with van der Waals surface area (Å²) in [4.78, 5) is 21.9. The van der Waals surface area contributed by atoms with Crippen LogP contribution in [-0.4, -0.2) is 18.5 Å². The summed E-state index contributed by atoms with van der Waals surface area (Å²) < 4.78 is 9.48. The summed E-state index contributed by atoms with van der Waals surface area (Å²) in [5, 5.41) is 0. The van der Waals surface area contributed by atoms with E-state index in [1.807, 2.05) is 6.92 Å². The molecule has 0 N–H and O–H groups in total. The van der Waals surface area contributed by atoms with Crippen LogP contribution in [0.25, 0.3) is 0 Å². The van der Waals surface area contributed by atoms with Gasteiger partial charge in [0.25, 0.3) is 0 Å². The predicted octanol–water partition coefficient (Wildman–Crippen LogP) is 1.80. The van der Waals surface area contributed by atoms with Crippen LogP contribution in [0, 0.1) is 0 Å². The molecular weight excluding hydrogens is 184 g/mol. The molecule has 0 aliphatic heterocycles. The number of hydrogen-bond acceptors (Lipinski definition) is 4. The fraction of sp³-hybridized carbons (Fsp3) is 0.600. The van der Waals surface area contributed by atoms with E-state index in [0.29, 0.717) is 13.0 Å². The van der Waals surface area contributed by atoms with Gasteiger partial charge in [-0.25, -0.2) is 4.79 Å². The van der Waals surface area contributed by atoms with Gasteiger partial charge in [0.05, 0.1) is 12.7 Å². The molecule has 0 fully saturated rings. The van der Waals surface area contributed by atoms with E-state index in [9.17, 15) is 9.59 Å². The molecule has 0 aromatic carbocycles. The fourth-order valence-corrected chi connectivity index (χ4v) is 0.814. The maximum Gasteiger partial charge on any atom is 0.334 e. The number of carbonyl (C=O) groups is 2. The highest BCUT2D eigenvalue weighted by molar-refractivity contribution is 5.83. The van der Waals surface area contributed by atoms with Gasteiger partial charge in [-0.2, -0.15) is 0 Å². The Morgan fingerprint density at radius 3 is 2.43 bits per heavy atom. The number of allylic oxidation sites excluding steroid dienone is 1. The third-order valence-electron chi connectivity index (χ3n) is 1.34. The molecule has 0 aliphatic rings. The highest BCUT2D eigenvalue weighted by Crippen LogP contribution is 2.00. The van der Waals surface area contributed by atoms with Gasteiger partial charge in [0.15, 0.2) is 0 Å². The van der Waals surface area contributed by atoms with Gasteiger partial charge >= 0.3 is 11.9 Å². The zero-order chi connectivity index (χ0) is 11.0. The Labute approximate surface area is 83.9 Å². The normalized spacial score (nSPS) is 10.9. The van der Waals surface area contributed by atoms with Crippen molar-refractivity contribution in [3.05, 3.63) is 11.8 Å². The summed E-state index contributed by atoms with van der Waals surface area (Å²) in [5.41, 5.74) is 0. The topological polar surface area (TPSA) is 52.6 Å². The SMILES string of the molecule is CCCC(=O)OC(C)=CC(=O)OCC. The molecule has 80 valence electrons. The molecular formula is C10H16O4. The Kier molecular flexibility index (Phi) is 6.45. The van der Waals surface area contributed by atoms with Gasteiger partial charge in [-0.15, -0.1) is 0 Å². The summed E-state index contributed by atoms with van der Waals surface area (Å²) in [6, 6.07) is 0. The zero-order valence-electron chi connectivity index (χ0n) is 8.83. The van der Waals surface area contributed by atoms with Crippen LogP contribution in [0.1, 0.15) is 33.6 Å². The van der Waals surface area contributed by atoms with Crippen LogP contribution in [0.2, 0.25) is 0 Å². The highest BCUT2D eigenvalue weighted by atomic mass is 16.5. The van der Waals surface area contributed by atoms with Crippen molar-refractivity contribution in [2.24, 2.45) is 0 Å². The Morgan fingerprint density at radius 2 is 1.93 bits per heavy atom. The van der Waals surface area contributed by atoms with Crippen LogP contribution in [-0.2, 0) is 19.1 Å².